The highest BCUT2D eigenvalue weighted by atomic mass is 16.5. The van der Waals surface area contributed by atoms with Crippen LogP contribution in [0.3, 0.4) is 0 Å². The van der Waals surface area contributed by atoms with E-state index >= 15 is 0 Å². The molecule has 1 unspecified atom stereocenters. The number of methoxy groups -OCH3 is 1. The maximum absolute atomic E-state index is 11.9. The maximum Gasteiger partial charge on any atom is 0.329 e. The van der Waals surface area contributed by atoms with Gasteiger partial charge in [0.1, 0.15) is 12.1 Å². The Balaban J connectivity index is 2.72. The molecule has 1 atom stereocenters. The fraction of sp³-hybridized carbons (Fsp3) is 0.727. The lowest BCUT2D eigenvalue weighted by atomic mass is 9.93. The smallest absolute Gasteiger partial charge is 0.329 e. The van der Waals surface area contributed by atoms with E-state index in [0.29, 0.717) is 25.8 Å². The van der Waals surface area contributed by atoms with Crippen LogP contribution in [-0.4, -0.2) is 53.7 Å². The Morgan fingerprint density at radius 2 is 2.11 bits per heavy atom. The second kappa shape index (κ2) is 5.70. The van der Waals surface area contributed by atoms with Gasteiger partial charge in [-0.3, -0.25) is 4.79 Å². The van der Waals surface area contributed by atoms with Crippen LogP contribution in [0.15, 0.2) is 0 Å². The van der Waals surface area contributed by atoms with Crippen LogP contribution in [0.25, 0.3) is 0 Å². The molecule has 7 nitrogen and oxygen atoms in total. The first-order valence-corrected chi connectivity index (χ1v) is 5.83. The molecule has 1 saturated heterocycles. The minimum Gasteiger partial charge on any atom is -0.479 e. The molecule has 0 aromatic rings. The summed E-state index contributed by atoms with van der Waals surface area (Å²) < 4.78 is 4.40. The number of urea groups is 1. The number of carboxylic acid groups (broad SMARTS) is 1. The number of likely N-dealkylation sites (tertiary alicyclic amines) is 1. The summed E-state index contributed by atoms with van der Waals surface area (Å²) in [6.07, 6.45) is 1.42. The van der Waals surface area contributed by atoms with Gasteiger partial charge in [0.25, 0.3) is 0 Å². The van der Waals surface area contributed by atoms with Gasteiger partial charge in [-0.2, -0.15) is 0 Å². The predicted octanol–water partition coefficient (Wildman–Crippen LogP) is 0.198. The zero-order valence-electron chi connectivity index (χ0n) is 10.6. The van der Waals surface area contributed by atoms with Crippen molar-refractivity contribution in [2.45, 2.75) is 31.7 Å². The number of esters is 1. The molecule has 1 rings (SSSR count). The van der Waals surface area contributed by atoms with Crippen LogP contribution < -0.4 is 5.32 Å². The Labute approximate surface area is 105 Å². The highest BCUT2D eigenvalue weighted by Gasteiger charge is 2.48. The summed E-state index contributed by atoms with van der Waals surface area (Å²) in [5.74, 6) is -1.57. The number of carboxylic acids is 1. The van der Waals surface area contributed by atoms with Crippen molar-refractivity contribution in [1.29, 1.82) is 0 Å². The summed E-state index contributed by atoms with van der Waals surface area (Å²) in [7, 11) is 1.22. The third-order valence-electron chi connectivity index (χ3n) is 3.33. The number of ether oxygens (including phenoxy) is 1. The Hall–Kier alpha value is -1.79. The highest BCUT2D eigenvalue weighted by Crippen LogP contribution is 2.32. The van der Waals surface area contributed by atoms with Crippen molar-refractivity contribution in [2.24, 2.45) is 0 Å². The van der Waals surface area contributed by atoms with Crippen molar-refractivity contribution in [1.82, 2.24) is 10.2 Å². The van der Waals surface area contributed by atoms with Gasteiger partial charge in [-0.1, -0.05) is 6.92 Å². The zero-order valence-corrected chi connectivity index (χ0v) is 10.6. The third-order valence-corrected chi connectivity index (χ3v) is 3.33. The monoisotopic (exact) mass is 258 g/mol. The molecule has 1 aliphatic heterocycles. The molecule has 1 heterocycles. The molecule has 0 aromatic carbocycles. The van der Waals surface area contributed by atoms with Crippen LogP contribution >= 0.6 is 0 Å². The topological polar surface area (TPSA) is 95.9 Å². The summed E-state index contributed by atoms with van der Waals surface area (Å²) in [6.45, 7) is 1.86. The largest absolute Gasteiger partial charge is 0.479 e. The summed E-state index contributed by atoms with van der Waals surface area (Å²) >= 11 is 0. The Bertz CT molecular complexity index is 357. The van der Waals surface area contributed by atoms with E-state index in [0.717, 1.165) is 0 Å². The van der Waals surface area contributed by atoms with Crippen LogP contribution in [-0.2, 0) is 14.3 Å². The summed E-state index contributed by atoms with van der Waals surface area (Å²) in [5, 5.41) is 11.7. The first-order valence-electron chi connectivity index (χ1n) is 5.83. The lowest BCUT2D eigenvalue weighted by Gasteiger charge is -2.33. The predicted molar refractivity (Wildman–Crippen MR) is 62.0 cm³/mol. The Kier molecular flexibility index (Phi) is 4.52. The number of hydrogen-bond acceptors (Lipinski definition) is 4. The highest BCUT2D eigenvalue weighted by molar-refractivity contribution is 5.88. The van der Waals surface area contributed by atoms with Crippen LogP contribution in [0.2, 0.25) is 0 Å². The summed E-state index contributed by atoms with van der Waals surface area (Å²) in [4.78, 5) is 35.5. The number of hydrogen-bond donors (Lipinski definition) is 2. The lowest BCUT2D eigenvalue weighted by molar-refractivity contribution is -0.148. The van der Waals surface area contributed by atoms with Crippen LogP contribution in [0.4, 0.5) is 4.79 Å². The van der Waals surface area contributed by atoms with Gasteiger partial charge in [0.05, 0.1) is 7.11 Å². The van der Waals surface area contributed by atoms with E-state index in [-0.39, 0.29) is 6.54 Å². The second-order valence-electron chi connectivity index (χ2n) is 4.18. The van der Waals surface area contributed by atoms with Gasteiger partial charge in [-0.15, -0.1) is 0 Å². The molecule has 0 bridgehead atoms. The van der Waals surface area contributed by atoms with Gasteiger partial charge in [-0.25, -0.2) is 9.59 Å². The number of aliphatic carboxylic acids is 1. The average Bonchev–Trinajstić information content (AvgIpc) is 2.80. The molecule has 1 fully saturated rings. The molecule has 0 saturated carbocycles. The molecular weight excluding hydrogens is 240 g/mol. The average molecular weight is 258 g/mol. The Morgan fingerprint density at radius 1 is 1.44 bits per heavy atom. The molecule has 102 valence electrons. The first-order chi connectivity index (χ1) is 8.47. The molecule has 0 aromatic heterocycles. The number of carbonyl (C=O) groups excluding carboxylic acids is 2. The van der Waals surface area contributed by atoms with Crippen molar-refractivity contribution < 1.29 is 24.2 Å². The van der Waals surface area contributed by atoms with E-state index < -0.39 is 23.5 Å². The number of amides is 2. The van der Waals surface area contributed by atoms with Crippen molar-refractivity contribution in [2.75, 3.05) is 20.2 Å². The van der Waals surface area contributed by atoms with E-state index in [4.69, 9.17) is 0 Å². The molecule has 0 radical (unpaired) electrons. The number of nitrogens with zero attached hydrogens (tertiary/aromatic N) is 1. The van der Waals surface area contributed by atoms with Gasteiger partial charge in [-0.05, 0) is 19.3 Å². The first kappa shape index (κ1) is 14.3. The van der Waals surface area contributed by atoms with Crippen LogP contribution in [0, 0.1) is 0 Å². The van der Waals surface area contributed by atoms with Gasteiger partial charge >= 0.3 is 18.0 Å². The van der Waals surface area contributed by atoms with E-state index in [1.807, 2.05) is 0 Å². The third kappa shape index (κ3) is 2.55. The van der Waals surface area contributed by atoms with Gasteiger partial charge in [0.2, 0.25) is 0 Å². The molecule has 0 aliphatic carbocycles. The van der Waals surface area contributed by atoms with Crippen molar-refractivity contribution in [3.8, 4) is 0 Å². The van der Waals surface area contributed by atoms with Crippen molar-refractivity contribution in [3.05, 3.63) is 0 Å². The van der Waals surface area contributed by atoms with E-state index in [2.05, 4.69) is 10.1 Å². The number of carbonyl (C=O) groups is 3. The van der Waals surface area contributed by atoms with Crippen LogP contribution in [0.1, 0.15) is 26.2 Å². The van der Waals surface area contributed by atoms with Crippen LogP contribution in [0.5, 0.6) is 0 Å². The van der Waals surface area contributed by atoms with Gasteiger partial charge in [0.15, 0.2) is 0 Å². The fourth-order valence-corrected chi connectivity index (χ4v) is 2.23. The molecule has 18 heavy (non-hydrogen) atoms. The number of rotatable bonds is 4. The van der Waals surface area contributed by atoms with E-state index in [1.54, 1.807) is 6.92 Å². The molecule has 0 spiro atoms. The quantitative estimate of drug-likeness (QED) is 0.702. The minimum atomic E-state index is -1.15. The molecule has 1 aliphatic rings. The normalized spacial score (nSPS) is 22.7. The lowest BCUT2D eigenvalue weighted by Crippen LogP contribution is -2.56. The molecule has 2 N–H and O–H groups in total. The second-order valence-corrected chi connectivity index (χ2v) is 4.18. The fourth-order valence-electron chi connectivity index (χ4n) is 2.23. The molecular formula is C11H18N2O5. The zero-order chi connectivity index (χ0) is 13.8. The molecule has 2 amide bonds. The molecule has 7 heteroatoms. The summed E-state index contributed by atoms with van der Waals surface area (Å²) in [5.41, 5.74) is -1.15. The van der Waals surface area contributed by atoms with Crippen molar-refractivity contribution in [3.63, 3.8) is 0 Å². The Morgan fingerprint density at radius 3 is 2.61 bits per heavy atom. The maximum atomic E-state index is 11.9. The minimum absolute atomic E-state index is 0.259. The SMILES string of the molecule is CCC1(C(=O)O)CCCN1C(=O)NCC(=O)OC. The van der Waals surface area contributed by atoms with E-state index in [9.17, 15) is 19.5 Å². The van der Waals surface area contributed by atoms with E-state index in [1.165, 1.54) is 12.0 Å². The van der Waals surface area contributed by atoms with Crippen molar-refractivity contribution >= 4 is 18.0 Å². The summed E-state index contributed by atoms with van der Waals surface area (Å²) in [6, 6.07) is -0.540. The van der Waals surface area contributed by atoms with Gasteiger partial charge in [0, 0.05) is 6.54 Å². The van der Waals surface area contributed by atoms with Gasteiger partial charge < -0.3 is 20.1 Å². The standard InChI is InChI=1S/C11H18N2O5/c1-3-11(9(15)16)5-4-6-13(11)10(17)12-7-8(14)18-2/h3-7H2,1-2H3,(H,12,17)(H,15,16). The number of nitrogens with one attached hydrogen (secondary N) is 1.